The molecule has 0 unspecified atom stereocenters. The number of fused-ring (bicyclic) bond motifs is 1. The average molecular weight is 454 g/mol. The molecule has 30 heavy (non-hydrogen) atoms. The molecule has 3 N–H and O–H groups in total. The lowest BCUT2D eigenvalue weighted by atomic mass is 9.85. The zero-order valence-electron chi connectivity index (χ0n) is 16.5. The number of ether oxygens (including phenoxy) is 1. The highest BCUT2D eigenvalue weighted by molar-refractivity contribution is 7.46. The maximum atomic E-state index is 12.9. The van der Waals surface area contributed by atoms with Gasteiger partial charge in [0.25, 0.3) is 5.91 Å². The van der Waals surface area contributed by atoms with Gasteiger partial charge in [0.05, 0.1) is 16.6 Å². The van der Waals surface area contributed by atoms with Crippen molar-refractivity contribution >= 4 is 31.1 Å². The lowest BCUT2D eigenvalue weighted by Crippen LogP contribution is -2.54. The third kappa shape index (κ3) is 4.74. The fourth-order valence-corrected chi connectivity index (χ4v) is 4.26. The smallest absolute Gasteiger partial charge is 0.470 e. The molecule has 0 saturated carbocycles. The molecule has 2 aromatic rings. The van der Waals surface area contributed by atoms with Gasteiger partial charge in [-0.1, -0.05) is 23.7 Å². The van der Waals surface area contributed by atoms with E-state index in [0.29, 0.717) is 16.9 Å². The van der Waals surface area contributed by atoms with Crippen LogP contribution in [0.25, 0.3) is 0 Å². The van der Waals surface area contributed by atoms with Gasteiger partial charge >= 0.3 is 7.82 Å². The lowest BCUT2D eigenvalue weighted by molar-refractivity contribution is -0.0597. The van der Waals surface area contributed by atoms with Crippen molar-refractivity contribution in [1.82, 2.24) is 5.32 Å². The predicted molar refractivity (Wildman–Crippen MR) is 110 cm³/mol. The molecule has 160 valence electrons. The summed E-state index contributed by atoms with van der Waals surface area (Å²) in [6, 6.07) is 10.0. The molecule has 1 aliphatic rings. The number of halogens is 1. The summed E-state index contributed by atoms with van der Waals surface area (Å²) in [6.07, 6.45) is -1.26. The number of hydrogen-bond acceptors (Lipinski definition) is 5. The van der Waals surface area contributed by atoms with E-state index in [2.05, 4.69) is 5.32 Å². The Bertz CT molecular complexity index is 1050. The van der Waals surface area contributed by atoms with Crippen molar-refractivity contribution < 1.29 is 33.2 Å². The summed E-state index contributed by atoms with van der Waals surface area (Å²) < 4.78 is 22.6. The molecule has 8 nitrogen and oxygen atoms in total. The number of ketones is 1. The number of carbonyl (C=O) groups is 2. The van der Waals surface area contributed by atoms with Crippen LogP contribution in [-0.4, -0.2) is 33.2 Å². The van der Waals surface area contributed by atoms with Gasteiger partial charge in [-0.3, -0.25) is 14.1 Å². The Morgan fingerprint density at radius 2 is 1.87 bits per heavy atom. The van der Waals surface area contributed by atoms with Crippen molar-refractivity contribution in [2.24, 2.45) is 0 Å². The number of rotatable bonds is 5. The Labute approximate surface area is 178 Å². The molecule has 0 aromatic heterocycles. The fraction of sp³-hybridized carbons (Fsp3) is 0.300. The van der Waals surface area contributed by atoms with E-state index >= 15 is 0 Å². The van der Waals surface area contributed by atoms with Crippen LogP contribution in [0.15, 0.2) is 42.5 Å². The summed E-state index contributed by atoms with van der Waals surface area (Å²) in [7, 11) is -4.94. The Morgan fingerprint density at radius 3 is 2.47 bits per heavy atom. The number of nitrogens with one attached hydrogen (secondary N) is 1. The number of benzene rings is 2. The molecular formula is C20H21ClNO7P. The number of phosphoric acid groups is 1. The van der Waals surface area contributed by atoms with Gasteiger partial charge in [-0.2, -0.15) is 0 Å². The molecule has 1 aliphatic heterocycles. The molecule has 1 heterocycles. The van der Waals surface area contributed by atoms with Crippen LogP contribution in [0.5, 0.6) is 5.75 Å². The highest BCUT2D eigenvalue weighted by atomic mass is 35.5. The van der Waals surface area contributed by atoms with Gasteiger partial charge in [0.1, 0.15) is 17.5 Å². The molecule has 0 bridgehead atoms. The summed E-state index contributed by atoms with van der Waals surface area (Å²) in [6.45, 7) is 4.56. The van der Waals surface area contributed by atoms with Gasteiger partial charge in [0.15, 0.2) is 5.78 Å². The van der Waals surface area contributed by atoms with Crippen molar-refractivity contribution in [2.75, 3.05) is 0 Å². The average Bonchev–Trinajstić information content (AvgIpc) is 2.63. The van der Waals surface area contributed by atoms with E-state index in [1.54, 1.807) is 44.2 Å². The molecule has 0 spiro atoms. The molecular weight excluding hydrogens is 433 g/mol. The topological polar surface area (TPSA) is 122 Å². The van der Waals surface area contributed by atoms with E-state index in [1.807, 2.05) is 0 Å². The van der Waals surface area contributed by atoms with Crippen LogP contribution >= 0.6 is 19.4 Å². The van der Waals surface area contributed by atoms with E-state index in [9.17, 15) is 23.9 Å². The minimum Gasteiger partial charge on any atom is -0.485 e. The maximum absolute atomic E-state index is 12.9. The Kier molecular flexibility index (Phi) is 6.09. The van der Waals surface area contributed by atoms with Crippen molar-refractivity contribution in [3.05, 3.63) is 64.2 Å². The summed E-state index contributed by atoms with van der Waals surface area (Å²) in [5.74, 6) is -0.423. The van der Waals surface area contributed by atoms with E-state index in [0.717, 1.165) is 0 Å². The minimum atomic E-state index is -4.94. The minimum absolute atomic E-state index is 0.183. The van der Waals surface area contributed by atoms with Gasteiger partial charge in [-0.05, 0) is 51.1 Å². The normalized spacial score (nSPS) is 20.1. The standard InChI is InChI=1S/C20H21ClNO7P/c1-11(23)12-8-9-16-14(10-12)17(18(20(2,3)28-16)29-30(25,26)27)22-19(24)13-6-4-5-7-15(13)21/h4-10,17-18H,1-3H3,(H,22,24)(H2,25,26,27)/t17-,18+/m1/s1. The number of hydrogen-bond donors (Lipinski definition) is 3. The van der Waals surface area contributed by atoms with E-state index in [-0.39, 0.29) is 16.4 Å². The molecule has 2 aromatic carbocycles. The second-order valence-corrected chi connectivity index (χ2v) is 9.06. The molecule has 1 amide bonds. The highest BCUT2D eigenvalue weighted by Gasteiger charge is 2.48. The van der Waals surface area contributed by atoms with Crippen LogP contribution in [-0.2, 0) is 9.09 Å². The predicted octanol–water partition coefficient (Wildman–Crippen LogP) is 3.66. The number of phosphoric ester groups is 1. The van der Waals surface area contributed by atoms with E-state index in [1.165, 1.54) is 19.1 Å². The van der Waals surface area contributed by atoms with Crippen molar-refractivity contribution in [1.29, 1.82) is 0 Å². The third-order valence-corrected chi connectivity index (χ3v) is 5.60. The number of carbonyl (C=O) groups excluding carboxylic acids is 2. The molecule has 0 aliphatic carbocycles. The monoisotopic (exact) mass is 453 g/mol. The van der Waals surface area contributed by atoms with Crippen LogP contribution in [0.3, 0.4) is 0 Å². The van der Waals surface area contributed by atoms with Gasteiger partial charge in [-0.15, -0.1) is 0 Å². The largest absolute Gasteiger partial charge is 0.485 e. The first-order valence-electron chi connectivity index (χ1n) is 9.02. The van der Waals surface area contributed by atoms with Crippen molar-refractivity contribution in [2.45, 2.75) is 38.5 Å². The molecule has 0 fully saturated rings. The molecule has 2 atom stereocenters. The summed E-state index contributed by atoms with van der Waals surface area (Å²) in [5, 5.41) is 2.96. The van der Waals surface area contributed by atoms with Crippen LogP contribution in [0.1, 0.15) is 53.1 Å². The molecule has 0 saturated heterocycles. The molecule has 3 rings (SSSR count). The van der Waals surface area contributed by atoms with Crippen LogP contribution < -0.4 is 10.1 Å². The zero-order valence-corrected chi connectivity index (χ0v) is 18.1. The van der Waals surface area contributed by atoms with E-state index in [4.69, 9.17) is 20.9 Å². The first kappa shape index (κ1) is 22.5. The Morgan fingerprint density at radius 1 is 1.20 bits per heavy atom. The van der Waals surface area contributed by atoms with Gasteiger partial charge in [0, 0.05) is 11.1 Å². The SMILES string of the molecule is CC(=O)c1ccc2c(c1)[C@@H](NC(=O)c1ccccc1Cl)[C@H](OP(=O)(O)O)C(C)(C)O2. The van der Waals surface area contributed by atoms with Gasteiger partial charge < -0.3 is 19.8 Å². The quantitative estimate of drug-likeness (QED) is 0.466. The number of amides is 1. The fourth-order valence-electron chi connectivity index (χ4n) is 3.36. The van der Waals surface area contributed by atoms with Crippen molar-refractivity contribution in [3.63, 3.8) is 0 Å². The summed E-state index contributed by atoms with van der Waals surface area (Å²) in [4.78, 5) is 43.7. The maximum Gasteiger partial charge on any atom is 0.470 e. The van der Waals surface area contributed by atoms with Crippen molar-refractivity contribution in [3.8, 4) is 5.75 Å². The van der Waals surface area contributed by atoms with Gasteiger partial charge in [0.2, 0.25) is 0 Å². The second kappa shape index (κ2) is 8.13. The molecule has 0 radical (unpaired) electrons. The molecule has 10 heteroatoms. The van der Waals surface area contributed by atoms with Crippen LogP contribution in [0.2, 0.25) is 5.02 Å². The Balaban J connectivity index is 2.11. The number of Topliss-reactive ketones (excluding diaryl/α,β-unsaturated/α-hetero) is 1. The van der Waals surface area contributed by atoms with Crippen LogP contribution in [0, 0.1) is 0 Å². The zero-order chi connectivity index (χ0) is 22.3. The summed E-state index contributed by atoms with van der Waals surface area (Å²) >= 11 is 6.12. The van der Waals surface area contributed by atoms with Crippen LogP contribution in [0.4, 0.5) is 0 Å². The Hall–Kier alpha value is -2.22. The van der Waals surface area contributed by atoms with Gasteiger partial charge in [-0.25, -0.2) is 4.57 Å². The van der Waals surface area contributed by atoms with E-state index < -0.39 is 31.5 Å². The first-order valence-corrected chi connectivity index (χ1v) is 10.9. The second-order valence-electron chi connectivity index (χ2n) is 7.46. The third-order valence-electron chi connectivity index (χ3n) is 4.77. The first-order chi connectivity index (χ1) is 13.9. The highest BCUT2D eigenvalue weighted by Crippen LogP contribution is 2.49. The lowest BCUT2D eigenvalue weighted by Gasteiger charge is -2.44. The summed E-state index contributed by atoms with van der Waals surface area (Å²) in [5.41, 5.74) is -0.322.